The van der Waals surface area contributed by atoms with Crippen molar-refractivity contribution in [2.75, 3.05) is 5.75 Å². The number of aliphatic hydroxyl groups excluding tert-OH is 1. The number of benzene rings is 2. The molecule has 0 aromatic heterocycles. The second kappa shape index (κ2) is 13.5. The van der Waals surface area contributed by atoms with Gasteiger partial charge >= 0.3 is 0 Å². The molecule has 9 nitrogen and oxygen atoms in total. The maximum absolute atomic E-state index is 14.8. The van der Waals surface area contributed by atoms with Gasteiger partial charge in [0.1, 0.15) is 18.3 Å². The quantitative estimate of drug-likeness (QED) is 0.201. The van der Waals surface area contributed by atoms with Crippen LogP contribution in [0.2, 0.25) is 0 Å². The molecule has 0 heterocycles. The number of rotatable bonds is 12. The fourth-order valence-electron chi connectivity index (χ4n) is 3.50. The first-order valence-corrected chi connectivity index (χ1v) is 13.7. The Kier molecular flexibility index (Phi) is 11.1. The minimum Gasteiger partial charge on any atom is -0.384 e. The summed E-state index contributed by atoms with van der Waals surface area (Å²) < 4.78 is 42.0. The Morgan fingerprint density at radius 2 is 1.73 bits per heavy atom. The minimum atomic E-state index is -4.34. The Morgan fingerprint density at radius 3 is 2.32 bits per heavy atom. The van der Waals surface area contributed by atoms with Gasteiger partial charge in [0.15, 0.2) is 0 Å². The summed E-state index contributed by atoms with van der Waals surface area (Å²) in [7, 11) is -4.34. The molecule has 202 valence electrons. The Morgan fingerprint density at radius 1 is 1.05 bits per heavy atom. The number of hydrogen-bond acceptors (Lipinski definition) is 7. The molecule has 0 saturated heterocycles. The molecule has 0 fully saturated rings. The summed E-state index contributed by atoms with van der Waals surface area (Å²) in [4.78, 5) is 35.8. The number of thiol groups is 1. The number of amides is 3. The fourth-order valence-corrected chi connectivity index (χ4v) is 5.02. The number of halogens is 1. The number of nitrogens with one attached hydrogen (secondary N) is 3. The third kappa shape index (κ3) is 9.13. The number of hydrogen-bond donors (Lipinski definition) is 5. The Hall–Kier alpha value is -2.96. The number of sulfonamides is 1. The van der Waals surface area contributed by atoms with Crippen LogP contribution < -0.4 is 15.4 Å². The lowest BCUT2D eigenvalue weighted by Crippen LogP contribution is -2.39. The minimum absolute atomic E-state index is 0.133. The smallest absolute Gasteiger partial charge is 0.264 e. The standard InChI is InChI=1S/C25H32FN3O6S2/c1-15(2)10-19(14-36)28-24(32)12-23(31)27-13-18-9-8-17(11-21(18)26)20-6-4-5-7-22(20)37(34,35)29-25(33)16(3)30/h4-9,11,15-16,19,30,36H,10,12-14H2,1-3H3,(H,27,31)(H,28,32)(H,29,33)/t16-,19+/m0/s1. The molecule has 2 aromatic rings. The fraction of sp³-hybridized carbons (Fsp3) is 0.400. The van der Waals surface area contributed by atoms with Gasteiger partial charge < -0.3 is 15.7 Å². The van der Waals surface area contributed by atoms with E-state index in [9.17, 15) is 32.3 Å². The molecule has 4 N–H and O–H groups in total. The van der Waals surface area contributed by atoms with Gasteiger partial charge in [-0.15, -0.1) is 0 Å². The van der Waals surface area contributed by atoms with Crippen molar-refractivity contribution in [3.63, 3.8) is 0 Å². The summed E-state index contributed by atoms with van der Waals surface area (Å²) >= 11 is 4.22. The molecule has 0 aliphatic carbocycles. The van der Waals surface area contributed by atoms with Crippen molar-refractivity contribution >= 4 is 40.4 Å². The molecule has 3 amide bonds. The summed E-state index contributed by atoms with van der Waals surface area (Å²) in [5, 5.41) is 14.6. The highest BCUT2D eigenvalue weighted by Crippen LogP contribution is 2.28. The van der Waals surface area contributed by atoms with Crippen LogP contribution in [0, 0.1) is 11.7 Å². The first-order valence-electron chi connectivity index (χ1n) is 11.6. The SMILES string of the molecule is CC(C)C[C@H](CS)NC(=O)CC(=O)NCc1ccc(-c2ccccc2S(=O)(=O)NC(=O)[C@H](C)O)cc1F. The molecule has 0 aliphatic rings. The van der Waals surface area contributed by atoms with Crippen LogP contribution in [-0.2, 0) is 31.0 Å². The number of aliphatic hydroxyl groups is 1. The maximum atomic E-state index is 14.8. The van der Waals surface area contributed by atoms with Crippen LogP contribution in [0.3, 0.4) is 0 Å². The highest BCUT2D eigenvalue weighted by Gasteiger charge is 2.24. The molecular formula is C25H32FN3O6S2. The van der Waals surface area contributed by atoms with Crippen molar-refractivity contribution < 1.29 is 32.3 Å². The van der Waals surface area contributed by atoms with Crippen molar-refractivity contribution in [2.24, 2.45) is 5.92 Å². The van der Waals surface area contributed by atoms with E-state index in [1.165, 1.54) is 30.3 Å². The lowest BCUT2D eigenvalue weighted by Gasteiger charge is -2.18. The monoisotopic (exact) mass is 553 g/mol. The zero-order valence-electron chi connectivity index (χ0n) is 20.8. The van der Waals surface area contributed by atoms with Crippen LogP contribution in [0.1, 0.15) is 39.2 Å². The second-order valence-corrected chi connectivity index (χ2v) is 11.0. The predicted octanol–water partition coefficient (Wildman–Crippen LogP) is 2.15. The summed E-state index contributed by atoms with van der Waals surface area (Å²) in [5.41, 5.74) is 0.494. The average Bonchev–Trinajstić information content (AvgIpc) is 2.82. The molecule has 12 heteroatoms. The molecule has 0 radical (unpaired) electrons. The predicted molar refractivity (Wildman–Crippen MR) is 141 cm³/mol. The highest BCUT2D eigenvalue weighted by atomic mass is 32.2. The number of carbonyl (C=O) groups is 3. The molecule has 37 heavy (non-hydrogen) atoms. The summed E-state index contributed by atoms with van der Waals surface area (Å²) in [6.45, 7) is 4.98. The zero-order chi connectivity index (χ0) is 27.8. The molecule has 2 atom stereocenters. The van der Waals surface area contributed by atoms with Crippen molar-refractivity contribution in [2.45, 2.75) is 57.2 Å². The van der Waals surface area contributed by atoms with E-state index >= 15 is 0 Å². The molecule has 0 bridgehead atoms. The van der Waals surface area contributed by atoms with E-state index < -0.39 is 46.1 Å². The van der Waals surface area contributed by atoms with Crippen LogP contribution in [0.15, 0.2) is 47.4 Å². The first-order chi connectivity index (χ1) is 17.3. The molecule has 0 spiro atoms. The zero-order valence-corrected chi connectivity index (χ0v) is 22.5. The van der Waals surface area contributed by atoms with E-state index in [1.807, 2.05) is 13.8 Å². The lowest BCUT2D eigenvalue weighted by molar-refractivity contribution is -0.130. The van der Waals surface area contributed by atoms with Crippen molar-refractivity contribution in [3.8, 4) is 11.1 Å². The van der Waals surface area contributed by atoms with Crippen LogP contribution in [0.5, 0.6) is 0 Å². The van der Waals surface area contributed by atoms with Crippen molar-refractivity contribution in [1.29, 1.82) is 0 Å². The van der Waals surface area contributed by atoms with Crippen LogP contribution in [0.4, 0.5) is 4.39 Å². The van der Waals surface area contributed by atoms with E-state index in [4.69, 9.17) is 0 Å². The Balaban J connectivity index is 2.10. The third-order valence-electron chi connectivity index (χ3n) is 5.29. The lowest BCUT2D eigenvalue weighted by atomic mass is 10.0. The van der Waals surface area contributed by atoms with Gasteiger partial charge in [-0.3, -0.25) is 14.4 Å². The van der Waals surface area contributed by atoms with Gasteiger partial charge in [0.05, 0.1) is 4.90 Å². The Bertz CT molecular complexity index is 1230. The highest BCUT2D eigenvalue weighted by molar-refractivity contribution is 7.90. The Labute approximate surface area is 221 Å². The second-order valence-electron chi connectivity index (χ2n) is 8.98. The van der Waals surface area contributed by atoms with Crippen LogP contribution in [0.25, 0.3) is 11.1 Å². The van der Waals surface area contributed by atoms with E-state index in [0.29, 0.717) is 11.7 Å². The van der Waals surface area contributed by atoms with Crippen LogP contribution in [-0.4, -0.2) is 49.1 Å². The van der Waals surface area contributed by atoms with Gasteiger partial charge in [-0.2, -0.15) is 12.6 Å². The maximum Gasteiger partial charge on any atom is 0.264 e. The molecular weight excluding hydrogens is 521 g/mol. The summed E-state index contributed by atoms with van der Waals surface area (Å²) in [6, 6.07) is 9.54. The third-order valence-corrected chi connectivity index (χ3v) is 7.14. The first kappa shape index (κ1) is 30.3. The van der Waals surface area contributed by atoms with Gasteiger partial charge in [-0.05, 0) is 37.0 Å². The van der Waals surface area contributed by atoms with E-state index in [2.05, 4.69) is 23.3 Å². The summed E-state index contributed by atoms with van der Waals surface area (Å²) in [6.07, 6.45) is -1.22. The van der Waals surface area contributed by atoms with Gasteiger partial charge in [0, 0.05) is 29.5 Å². The normalized spacial score (nSPS) is 13.1. The largest absolute Gasteiger partial charge is 0.384 e. The van der Waals surface area contributed by atoms with Gasteiger partial charge in [-0.1, -0.05) is 44.2 Å². The number of carbonyl (C=O) groups excluding carboxylic acids is 3. The van der Waals surface area contributed by atoms with Crippen molar-refractivity contribution in [1.82, 2.24) is 15.4 Å². The average molecular weight is 554 g/mol. The summed E-state index contributed by atoms with van der Waals surface area (Å²) in [5.74, 6) is -2.02. The van der Waals surface area contributed by atoms with E-state index in [-0.39, 0.29) is 34.2 Å². The van der Waals surface area contributed by atoms with Crippen molar-refractivity contribution in [3.05, 3.63) is 53.8 Å². The molecule has 2 rings (SSSR count). The molecule has 0 saturated carbocycles. The molecule has 0 aliphatic heterocycles. The van der Waals surface area contributed by atoms with Gasteiger partial charge in [0.25, 0.3) is 15.9 Å². The van der Waals surface area contributed by atoms with Gasteiger partial charge in [-0.25, -0.2) is 17.5 Å². The van der Waals surface area contributed by atoms with Crippen LogP contribution >= 0.6 is 12.6 Å². The molecule has 2 aromatic carbocycles. The topological polar surface area (TPSA) is 142 Å². The van der Waals surface area contributed by atoms with Gasteiger partial charge in [0.2, 0.25) is 11.8 Å². The van der Waals surface area contributed by atoms with E-state index in [1.54, 1.807) is 10.8 Å². The van der Waals surface area contributed by atoms with E-state index in [0.717, 1.165) is 19.4 Å². The molecule has 0 unspecified atom stereocenters.